The first kappa shape index (κ1) is 28.8. The number of unbranched alkanes of at least 4 members (excludes halogenated alkanes) is 1. The Morgan fingerprint density at radius 1 is 1.11 bits per heavy atom. The Morgan fingerprint density at radius 2 is 1.75 bits per heavy atom. The van der Waals surface area contributed by atoms with Gasteiger partial charge in [-0.25, -0.2) is 13.9 Å². The summed E-state index contributed by atoms with van der Waals surface area (Å²) in [6.45, 7) is 8.41. The van der Waals surface area contributed by atoms with E-state index in [0.29, 0.717) is 58.3 Å². The third-order valence-corrected chi connectivity index (χ3v) is 10.4. The number of methoxy groups -OCH3 is 1. The van der Waals surface area contributed by atoms with E-state index in [9.17, 15) is 18.4 Å². The first-order valence-corrected chi connectivity index (χ1v) is 14.7. The van der Waals surface area contributed by atoms with Gasteiger partial charge < -0.3 is 14.5 Å². The zero-order chi connectivity index (χ0) is 26.2. The van der Waals surface area contributed by atoms with Gasteiger partial charge in [-0.15, -0.1) is 0 Å². The van der Waals surface area contributed by atoms with Crippen molar-refractivity contribution < 1.29 is 23.2 Å². The van der Waals surface area contributed by atoms with Crippen LogP contribution in [0.4, 0.5) is 5.69 Å². The van der Waals surface area contributed by atoms with E-state index in [1.54, 1.807) is 12.6 Å². The van der Waals surface area contributed by atoms with Crippen molar-refractivity contribution in [3.8, 4) is 0 Å². The van der Waals surface area contributed by atoms with E-state index in [-0.39, 0.29) is 12.8 Å². The van der Waals surface area contributed by atoms with Gasteiger partial charge >= 0.3 is 0 Å². The van der Waals surface area contributed by atoms with E-state index < -0.39 is 20.7 Å². The second kappa shape index (κ2) is 13.2. The van der Waals surface area contributed by atoms with E-state index in [1.165, 1.54) is 29.1 Å². The topological polar surface area (TPSA) is 102 Å². The summed E-state index contributed by atoms with van der Waals surface area (Å²) in [6.07, 6.45) is 5.09. The number of likely N-dealkylation sites (tertiary alicyclic amines) is 1. The minimum Gasteiger partial charge on any atom is -0.383 e. The molecule has 1 amide bonds. The number of hydrogen-bond donors (Lipinski definition) is 2. The molecule has 2 aliphatic rings. The lowest BCUT2D eigenvalue weighted by Gasteiger charge is -2.44. The van der Waals surface area contributed by atoms with Crippen molar-refractivity contribution in [1.82, 2.24) is 14.7 Å². The maximum Gasteiger partial charge on any atom is 0.266 e. The van der Waals surface area contributed by atoms with Crippen LogP contribution in [0.3, 0.4) is 0 Å². The van der Waals surface area contributed by atoms with Crippen LogP contribution in [0.2, 0.25) is 0 Å². The molecule has 1 atom stereocenters. The quantitative estimate of drug-likeness (QED) is 0.320. The van der Waals surface area contributed by atoms with Crippen LogP contribution in [0.15, 0.2) is 24.3 Å². The number of hydrogen-bond acceptors (Lipinski definition) is 7. The predicted molar refractivity (Wildman–Crippen MR) is 142 cm³/mol. The molecule has 2 aliphatic heterocycles. The number of carbonyl (C=O) groups is 1. The lowest BCUT2D eigenvalue weighted by molar-refractivity contribution is -0.133. The molecule has 2 N–H and O–H groups in total. The standard InChI is InChI=1S/C26H44N4O5S/c1-4-5-6-22(2)21-23-7-9-24(10-8-23)29-15-17-30(18-16-29)36(33,34)26(25(31)27-32)11-13-28(14-12-26)19-20-35-3/h7-10,22,32H,4-6,11-21H2,1-3H3,(H,27,31). The van der Waals surface area contributed by atoms with Crippen LogP contribution < -0.4 is 10.4 Å². The van der Waals surface area contributed by atoms with Crippen LogP contribution in [-0.4, -0.2) is 93.0 Å². The summed E-state index contributed by atoms with van der Waals surface area (Å²) in [4.78, 5) is 17.0. The van der Waals surface area contributed by atoms with Gasteiger partial charge in [0.05, 0.1) is 6.61 Å². The second-order valence-electron chi connectivity index (χ2n) is 10.3. The molecule has 204 valence electrons. The highest BCUT2D eigenvalue weighted by Crippen LogP contribution is 2.34. The molecule has 10 heteroatoms. The molecule has 0 aliphatic carbocycles. The largest absolute Gasteiger partial charge is 0.383 e. The van der Waals surface area contributed by atoms with Gasteiger partial charge in [-0.1, -0.05) is 45.2 Å². The second-order valence-corrected chi connectivity index (χ2v) is 12.5. The van der Waals surface area contributed by atoms with Gasteiger partial charge in [-0.3, -0.25) is 10.0 Å². The molecule has 1 aromatic rings. The van der Waals surface area contributed by atoms with Crippen molar-refractivity contribution in [3.63, 3.8) is 0 Å². The summed E-state index contributed by atoms with van der Waals surface area (Å²) < 4.78 is 32.4. The van der Waals surface area contributed by atoms with Crippen LogP contribution in [0.1, 0.15) is 51.5 Å². The number of amides is 1. The number of ether oxygens (including phenoxy) is 1. The molecule has 0 saturated carbocycles. The van der Waals surface area contributed by atoms with Crippen molar-refractivity contribution in [2.75, 3.05) is 64.4 Å². The summed E-state index contributed by atoms with van der Waals surface area (Å²) in [5.74, 6) is -0.167. The monoisotopic (exact) mass is 524 g/mol. The number of carbonyl (C=O) groups excluding carboxylic acids is 1. The number of rotatable bonds is 12. The summed E-state index contributed by atoms with van der Waals surface area (Å²) in [7, 11) is -2.33. The lowest BCUT2D eigenvalue weighted by Crippen LogP contribution is -2.63. The number of benzene rings is 1. The van der Waals surface area contributed by atoms with Gasteiger partial charge in [-0.2, -0.15) is 4.31 Å². The van der Waals surface area contributed by atoms with E-state index in [2.05, 4.69) is 47.9 Å². The van der Waals surface area contributed by atoms with Crippen molar-refractivity contribution in [2.45, 2.75) is 57.1 Å². The number of nitrogens with one attached hydrogen (secondary N) is 1. The summed E-state index contributed by atoms with van der Waals surface area (Å²) in [6, 6.07) is 8.61. The molecule has 1 unspecified atom stereocenters. The Morgan fingerprint density at radius 3 is 2.31 bits per heavy atom. The fourth-order valence-corrected chi connectivity index (χ4v) is 7.51. The van der Waals surface area contributed by atoms with Crippen molar-refractivity contribution in [3.05, 3.63) is 29.8 Å². The third-order valence-electron chi connectivity index (χ3n) is 7.80. The van der Waals surface area contributed by atoms with E-state index in [0.717, 1.165) is 12.1 Å². The van der Waals surface area contributed by atoms with E-state index in [1.807, 2.05) is 0 Å². The molecule has 36 heavy (non-hydrogen) atoms. The zero-order valence-corrected chi connectivity index (χ0v) is 22.9. The van der Waals surface area contributed by atoms with Crippen molar-refractivity contribution in [2.24, 2.45) is 5.92 Å². The highest BCUT2D eigenvalue weighted by atomic mass is 32.2. The Bertz CT molecular complexity index is 924. The van der Waals surface area contributed by atoms with Gasteiger partial charge in [0.25, 0.3) is 5.91 Å². The Labute approximate surface area is 216 Å². The number of piperazine rings is 1. The maximum absolute atomic E-state index is 13.7. The van der Waals surface area contributed by atoms with Gasteiger partial charge in [0, 0.05) is 58.6 Å². The van der Waals surface area contributed by atoms with Crippen LogP contribution in [0.5, 0.6) is 0 Å². The molecular formula is C26H44N4O5S. The number of hydroxylamine groups is 1. The van der Waals surface area contributed by atoms with Crippen LogP contribution in [0, 0.1) is 5.92 Å². The van der Waals surface area contributed by atoms with Crippen LogP contribution in [-0.2, 0) is 26.0 Å². The molecule has 3 rings (SSSR count). The number of nitrogens with zero attached hydrogens (tertiary/aromatic N) is 3. The van der Waals surface area contributed by atoms with Gasteiger partial charge in [0.1, 0.15) is 0 Å². The lowest BCUT2D eigenvalue weighted by atomic mass is 9.95. The molecule has 2 fully saturated rings. The summed E-state index contributed by atoms with van der Waals surface area (Å²) >= 11 is 0. The minimum atomic E-state index is -3.96. The highest BCUT2D eigenvalue weighted by molar-refractivity contribution is 7.91. The molecular weight excluding hydrogens is 480 g/mol. The molecule has 1 aromatic carbocycles. The maximum atomic E-state index is 13.7. The van der Waals surface area contributed by atoms with Crippen LogP contribution in [0.25, 0.3) is 0 Å². The molecule has 9 nitrogen and oxygen atoms in total. The Kier molecular flexibility index (Phi) is 10.6. The molecule has 0 bridgehead atoms. The van der Waals surface area contributed by atoms with Crippen molar-refractivity contribution >= 4 is 21.6 Å². The van der Waals surface area contributed by atoms with Crippen LogP contribution >= 0.6 is 0 Å². The molecule has 0 radical (unpaired) electrons. The average molecular weight is 525 g/mol. The van der Waals surface area contributed by atoms with Gasteiger partial charge in [0.2, 0.25) is 10.0 Å². The Balaban J connectivity index is 1.62. The molecule has 2 heterocycles. The van der Waals surface area contributed by atoms with E-state index >= 15 is 0 Å². The summed E-state index contributed by atoms with van der Waals surface area (Å²) in [5, 5.41) is 9.41. The summed E-state index contributed by atoms with van der Waals surface area (Å²) in [5.41, 5.74) is 4.06. The van der Waals surface area contributed by atoms with Gasteiger partial charge in [0.15, 0.2) is 4.75 Å². The first-order chi connectivity index (χ1) is 17.3. The highest BCUT2D eigenvalue weighted by Gasteiger charge is 2.55. The first-order valence-electron chi connectivity index (χ1n) is 13.3. The Hall–Kier alpha value is -1.72. The minimum absolute atomic E-state index is 0.143. The number of anilines is 1. The van der Waals surface area contributed by atoms with Gasteiger partial charge in [-0.05, 0) is 42.9 Å². The smallest absolute Gasteiger partial charge is 0.266 e. The molecule has 0 aromatic heterocycles. The number of piperidine rings is 1. The zero-order valence-electron chi connectivity index (χ0n) is 22.1. The van der Waals surface area contributed by atoms with E-state index in [4.69, 9.17) is 4.74 Å². The fourth-order valence-electron chi connectivity index (χ4n) is 5.40. The molecule has 0 spiro atoms. The fraction of sp³-hybridized carbons (Fsp3) is 0.731. The normalized spacial score (nSPS) is 20.3. The SMILES string of the molecule is CCCCC(C)Cc1ccc(N2CCN(S(=O)(=O)C3(C(=O)NO)CCN(CCOC)CC3)CC2)cc1. The predicted octanol–water partition coefficient (Wildman–Crippen LogP) is 2.49. The third kappa shape index (κ3) is 6.58. The number of sulfonamides is 1. The van der Waals surface area contributed by atoms with Crippen molar-refractivity contribution in [1.29, 1.82) is 0 Å². The average Bonchev–Trinajstić information content (AvgIpc) is 2.91. The molecule has 2 saturated heterocycles.